The standard InChI is InChI=1S/C6H5N3O2/c10-4-1-3-2-7-9-5(3)8-6(4)11/h1-2,10H,(H2,7,8,9,11). The normalized spacial score (nSPS) is 10.5. The van der Waals surface area contributed by atoms with Gasteiger partial charge in [0.2, 0.25) is 0 Å². The number of H-pyrrole nitrogens is 2. The molecule has 5 nitrogen and oxygen atoms in total. The molecule has 11 heavy (non-hydrogen) atoms. The Hall–Kier alpha value is -1.78. The fraction of sp³-hybridized carbons (Fsp3) is 0. The van der Waals surface area contributed by atoms with Crippen LogP contribution in [-0.2, 0) is 0 Å². The molecule has 0 aromatic carbocycles. The number of hydrogen-bond acceptors (Lipinski definition) is 3. The smallest absolute Gasteiger partial charge is 0.291 e. The van der Waals surface area contributed by atoms with Crippen molar-refractivity contribution in [2.24, 2.45) is 0 Å². The predicted octanol–water partition coefficient (Wildman–Crippen LogP) is -0.0432. The van der Waals surface area contributed by atoms with Crippen LogP contribution in [-0.4, -0.2) is 20.3 Å². The average Bonchev–Trinajstić information content (AvgIpc) is 2.36. The van der Waals surface area contributed by atoms with Gasteiger partial charge in [-0.2, -0.15) is 5.10 Å². The number of aromatic amines is 2. The minimum absolute atomic E-state index is 0.293. The molecule has 3 N–H and O–H groups in total. The molecule has 0 saturated heterocycles. The zero-order chi connectivity index (χ0) is 7.84. The maximum absolute atomic E-state index is 10.8. The highest BCUT2D eigenvalue weighted by Crippen LogP contribution is 2.09. The molecule has 2 heterocycles. The highest BCUT2D eigenvalue weighted by atomic mass is 16.3. The van der Waals surface area contributed by atoms with Gasteiger partial charge in [0, 0.05) is 5.39 Å². The van der Waals surface area contributed by atoms with Crippen molar-refractivity contribution < 1.29 is 5.11 Å². The molecular formula is C6H5N3O2. The molecule has 56 valence electrons. The van der Waals surface area contributed by atoms with Crippen LogP contribution in [0.25, 0.3) is 11.0 Å². The Bertz CT molecular complexity index is 442. The minimum atomic E-state index is -0.512. The average molecular weight is 151 g/mol. The lowest BCUT2D eigenvalue weighted by Gasteiger charge is -1.89. The van der Waals surface area contributed by atoms with E-state index in [1.807, 2.05) is 0 Å². The van der Waals surface area contributed by atoms with Gasteiger partial charge in [-0.3, -0.25) is 9.89 Å². The van der Waals surface area contributed by atoms with Crippen molar-refractivity contribution >= 4 is 11.0 Å². The summed E-state index contributed by atoms with van der Waals surface area (Å²) in [6, 6.07) is 1.36. The van der Waals surface area contributed by atoms with Gasteiger partial charge in [-0.15, -0.1) is 0 Å². The molecule has 0 spiro atoms. The Kier molecular flexibility index (Phi) is 1.00. The second-order valence-electron chi connectivity index (χ2n) is 2.18. The Morgan fingerprint density at radius 2 is 2.36 bits per heavy atom. The monoisotopic (exact) mass is 151 g/mol. The molecule has 0 radical (unpaired) electrons. The van der Waals surface area contributed by atoms with Crippen molar-refractivity contribution in [3.05, 3.63) is 22.6 Å². The number of aromatic hydroxyl groups is 1. The molecule has 2 rings (SSSR count). The largest absolute Gasteiger partial charge is 0.503 e. The number of fused-ring (bicyclic) bond motifs is 1. The van der Waals surface area contributed by atoms with Crippen LogP contribution in [0.5, 0.6) is 5.75 Å². The van der Waals surface area contributed by atoms with Crippen molar-refractivity contribution in [1.29, 1.82) is 0 Å². The fourth-order valence-electron chi connectivity index (χ4n) is 0.895. The lowest BCUT2D eigenvalue weighted by Crippen LogP contribution is -2.03. The van der Waals surface area contributed by atoms with E-state index in [9.17, 15) is 4.79 Å². The maximum atomic E-state index is 10.8. The molecule has 0 unspecified atom stereocenters. The van der Waals surface area contributed by atoms with Crippen molar-refractivity contribution in [2.45, 2.75) is 0 Å². The van der Waals surface area contributed by atoms with E-state index >= 15 is 0 Å². The lowest BCUT2D eigenvalue weighted by molar-refractivity contribution is 0.468. The summed E-state index contributed by atoms with van der Waals surface area (Å²) in [7, 11) is 0. The third kappa shape index (κ3) is 0.778. The van der Waals surface area contributed by atoms with E-state index < -0.39 is 5.56 Å². The van der Waals surface area contributed by atoms with Gasteiger partial charge in [0.05, 0.1) is 6.20 Å². The van der Waals surface area contributed by atoms with E-state index in [1.54, 1.807) is 0 Å². The molecule has 0 bridgehead atoms. The van der Waals surface area contributed by atoms with E-state index in [4.69, 9.17) is 5.11 Å². The number of nitrogens with one attached hydrogen (secondary N) is 2. The Morgan fingerprint density at radius 3 is 3.18 bits per heavy atom. The third-order valence-electron chi connectivity index (χ3n) is 1.43. The minimum Gasteiger partial charge on any atom is -0.503 e. The van der Waals surface area contributed by atoms with Crippen LogP contribution < -0.4 is 5.56 Å². The van der Waals surface area contributed by atoms with Gasteiger partial charge in [0.1, 0.15) is 5.65 Å². The van der Waals surface area contributed by atoms with Gasteiger partial charge < -0.3 is 10.1 Å². The second-order valence-corrected chi connectivity index (χ2v) is 2.18. The van der Waals surface area contributed by atoms with E-state index in [1.165, 1.54) is 12.3 Å². The Balaban J connectivity index is 2.97. The molecule has 0 aliphatic carbocycles. The Labute approximate surface area is 60.7 Å². The number of nitrogens with zero attached hydrogens (tertiary/aromatic N) is 1. The highest BCUT2D eigenvalue weighted by Gasteiger charge is 2.00. The van der Waals surface area contributed by atoms with Crippen molar-refractivity contribution in [3.8, 4) is 5.75 Å². The third-order valence-corrected chi connectivity index (χ3v) is 1.43. The van der Waals surface area contributed by atoms with Crippen LogP contribution in [0.1, 0.15) is 0 Å². The first-order valence-electron chi connectivity index (χ1n) is 3.03. The Morgan fingerprint density at radius 1 is 1.55 bits per heavy atom. The maximum Gasteiger partial charge on any atom is 0.291 e. The molecule has 0 fully saturated rings. The van der Waals surface area contributed by atoms with Crippen molar-refractivity contribution in [1.82, 2.24) is 15.2 Å². The lowest BCUT2D eigenvalue weighted by atomic mass is 10.3. The van der Waals surface area contributed by atoms with Gasteiger partial charge in [-0.1, -0.05) is 0 Å². The number of rotatable bonds is 0. The van der Waals surface area contributed by atoms with Gasteiger partial charge in [-0.25, -0.2) is 0 Å². The molecule has 0 atom stereocenters. The van der Waals surface area contributed by atoms with Crippen molar-refractivity contribution in [3.63, 3.8) is 0 Å². The van der Waals surface area contributed by atoms with E-state index in [0.29, 0.717) is 11.0 Å². The van der Waals surface area contributed by atoms with Gasteiger partial charge >= 0.3 is 0 Å². The quantitative estimate of drug-likeness (QED) is 0.494. The molecule has 0 amide bonds. The zero-order valence-corrected chi connectivity index (χ0v) is 5.46. The van der Waals surface area contributed by atoms with Crippen LogP contribution >= 0.6 is 0 Å². The summed E-state index contributed by atoms with van der Waals surface area (Å²) in [5.74, 6) is -0.293. The molecule has 0 aliphatic rings. The van der Waals surface area contributed by atoms with Crippen LogP contribution in [0, 0.1) is 0 Å². The van der Waals surface area contributed by atoms with Gasteiger partial charge in [0.25, 0.3) is 5.56 Å². The predicted molar refractivity (Wildman–Crippen MR) is 38.4 cm³/mol. The summed E-state index contributed by atoms with van der Waals surface area (Å²) in [6.07, 6.45) is 1.52. The van der Waals surface area contributed by atoms with Crippen molar-refractivity contribution in [2.75, 3.05) is 0 Å². The molecule has 2 aromatic heterocycles. The topological polar surface area (TPSA) is 81.8 Å². The summed E-state index contributed by atoms with van der Waals surface area (Å²) in [4.78, 5) is 13.2. The number of pyridine rings is 1. The fourth-order valence-corrected chi connectivity index (χ4v) is 0.895. The summed E-state index contributed by atoms with van der Waals surface area (Å²) in [5, 5.41) is 15.9. The second kappa shape index (κ2) is 1.85. The SMILES string of the molecule is O=c1[nH]c2[nH]ncc2cc1O. The molecule has 0 aliphatic heterocycles. The van der Waals surface area contributed by atoms with E-state index in [2.05, 4.69) is 15.2 Å². The summed E-state index contributed by atoms with van der Waals surface area (Å²) < 4.78 is 0. The summed E-state index contributed by atoms with van der Waals surface area (Å²) in [5.41, 5.74) is 0.00884. The first kappa shape index (κ1) is 5.96. The van der Waals surface area contributed by atoms with Crippen LogP contribution in [0.2, 0.25) is 0 Å². The molecule has 2 aromatic rings. The van der Waals surface area contributed by atoms with E-state index in [0.717, 1.165) is 0 Å². The number of aromatic nitrogens is 3. The van der Waals surface area contributed by atoms with Crippen LogP contribution in [0.3, 0.4) is 0 Å². The number of hydrogen-bond donors (Lipinski definition) is 3. The summed E-state index contributed by atoms with van der Waals surface area (Å²) >= 11 is 0. The molecule has 0 saturated carbocycles. The highest BCUT2D eigenvalue weighted by molar-refractivity contribution is 5.74. The summed E-state index contributed by atoms with van der Waals surface area (Å²) in [6.45, 7) is 0. The molecule has 5 heteroatoms. The van der Waals surface area contributed by atoms with Gasteiger partial charge in [0.15, 0.2) is 5.75 Å². The van der Waals surface area contributed by atoms with E-state index in [-0.39, 0.29) is 5.75 Å². The van der Waals surface area contributed by atoms with Crippen LogP contribution in [0.4, 0.5) is 0 Å². The zero-order valence-electron chi connectivity index (χ0n) is 5.46. The first-order chi connectivity index (χ1) is 5.27. The first-order valence-corrected chi connectivity index (χ1v) is 3.03. The van der Waals surface area contributed by atoms with Gasteiger partial charge in [-0.05, 0) is 6.07 Å². The van der Waals surface area contributed by atoms with Crippen LogP contribution in [0.15, 0.2) is 17.1 Å². The molecular weight excluding hydrogens is 146 g/mol.